The fourth-order valence-corrected chi connectivity index (χ4v) is 2.62. The van der Waals surface area contributed by atoms with E-state index in [0.29, 0.717) is 5.89 Å². The molecule has 3 rings (SSSR count). The van der Waals surface area contributed by atoms with Gasteiger partial charge in [0.1, 0.15) is 0 Å². The zero-order valence-electron chi connectivity index (χ0n) is 12.9. The van der Waals surface area contributed by atoms with Crippen LogP contribution in [0, 0.1) is 5.82 Å². The third-order valence-corrected chi connectivity index (χ3v) is 4.05. The molecule has 0 aliphatic rings. The summed E-state index contributed by atoms with van der Waals surface area (Å²) in [5.41, 5.74) is 0.0677. The molecular weight excluding hydrogens is 335 g/mol. The number of benzene rings is 1. The number of carbonyl (C=O) groups is 1. The average molecular weight is 348 g/mol. The molecule has 0 saturated heterocycles. The van der Waals surface area contributed by atoms with E-state index in [9.17, 15) is 9.18 Å². The van der Waals surface area contributed by atoms with Crippen LogP contribution in [0.15, 0.2) is 40.1 Å². The van der Waals surface area contributed by atoms with Crippen molar-refractivity contribution >= 4 is 17.3 Å². The minimum atomic E-state index is -0.760. The highest BCUT2D eigenvalue weighted by Crippen LogP contribution is 2.26. The first-order valence-electron chi connectivity index (χ1n) is 7.00. The second kappa shape index (κ2) is 6.79. The Kier molecular flexibility index (Phi) is 4.57. The van der Waals surface area contributed by atoms with Gasteiger partial charge in [-0.15, -0.1) is 21.5 Å². The molecule has 0 saturated carbocycles. The molecular formula is C16H13FN2O4S. The molecule has 2 aromatic heterocycles. The Morgan fingerprint density at radius 3 is 2.83 bits per heavy atom. The van der Waals surface area contributed by atoms with Gasteiger partial charge in [0, 0.05) is 0 Å². The van der Waals surface area contributed by atoms with Crippen molar-refractivity contribution in [1.82, 2.24) is 10.2 Å². The summed E-state index contributed by atoms with van der Waals surface area (Å²) in [6, 6.07) is 7.54. The molecule has 1 atom stereocenters. The number of halogens is 1. The number of carbonyl (C=O) groups excluding carboxylic acids is 1. The van der Waals surface area contributed by atoms with Crippen molar-refractivity contribution in [3.8, 4) is 16.5 Å². The first-order valence-corrected chi connectivity index (χ1v) is 7.88. The minimum absolute atomic E-state index is 0.0529. The maximum absolute atomic E-state index is 13.7. The predicted molar refractivity (Wildman–Crippen MR) is 84.4 cm³/mol. The summed E-state index contributed by atoms with van der Waals surface area (Å²) in [5.74, 6) is -0.756. The molecule has 124 valence electrons. The fraction of sp³-hybridized carbons (Fsp3) is 0.188. The monoisotopic (exact) mass is 348 g/mol. The van der Waals surface area contributed by atoms with E-state index < -0.39 is 17.9 Å². The second-order valence-corrected chi connectivity index (χ2v) is 5.77. The third kappa shape index (κ3) is 3.28. The van der Waals surface area contributed by atoms with Crippen LogP contribution in [0.5, 0.6) is 5.75 Å². The molecule has 0 bridgehead atoms. The van der Waals surface area contributed by atoms with E-state index in [1.807, 2.05) is 17.5 Å². The Balaban J connectivity index is 1.71. The van der Waals surface area contributed by atoms with E-state index in [2.05, 4.69) is 10.2 Å². The van der Waals surface area contributed by atoms with Crippen LogP contribution in [-0.4, -0.2) is 23.3 Å². The van der Waals surface area contributed by atoms with Gasteiger partial charge in [-0.3, -0.25) is 0 Å². The van der Waals surface area contributed by atoms with E-state index in [1.165, 1.54) is 30.6 Å². The van der Waals surface area contributed by atoms with E-state index in [4.69, 9.17) is 13.9 Å². The number of ether oxygens (including phenoxy) is 2. The Bertz CT molecular complexity index is 848. The highest BCUT2D eigenvalue weighted by atomic mass is 32.1. The van der Waals surface area contributed by atoms with Gasteiger partial charge in [0.05, 0.1) is 17.6 Å². The lowest BCUT2D eigenvalue weighted by atomic mass is 10.2. The van der Waals surface area contributed by atoms with Gasteiger partial charge in [0.25, 0.3) is 11.8 Å². The van der Waals surface area contributed by atoms with Gasteiger partial charge in [0.2, 0.25) is 0 Å². The zero-order valence-corrected chi connectivity index (χ0v) is 13.7. The molecule has 0 fully saturated rings. The van der Waals surface area contributed by atoms with Crippen molar-refractivity contribution in [2.24, 2.45) is 0 Å². The quantitative estimate of drug-likeness (QED) is 0.652. The van der Waals surface area contributed by atoms with Gasteiger partial charge >= 0.3 is 5.97 Å². The number of nitrogens with zero attached hydrogens (tertiary/aromatic N) is 2. The van der Waals surface area contributed by atoms with E-state index in [-0.39, 0.29) is 17.2 Å². The van der Waals surface area contributed by atoms with Crippen LogP contribution < -0.4 is 4.74 Å². The van der Waals surface area contributed by atoms with Crippen LogP contribution in [0.4, 0.5) is 4.39 Å². The van der Waals surface area contributed by atoms with Gasteiger partial charge in [0.15, 0.2) is 17.7 Å². The number of esters is 1. The smallest absolute Gasteiger partial charge is 0.339 e. The van der Waals surface area contributed by atoms with Crippen molar-refractivity contribution in [1.29, 1.82) is 0 Å². The van der Waals surface area contributed by atoms with E-state index in [1.54, 1.807) is 6.92 Å². The molecule has 0 aliphatic heterocycles. The average Bonchev–Trinajstić information content (AvgIpc) is 3.25. The number of methoxy groups -OCH3 is 1. The molecule has 6 nitrogen and oxygen atoms in total. The first kappa shape index (κ1) is 16.1. The Hall–Kier alpha value is -2.74. The summed E-state index contributed by atoms with van der Waals surface area (Å²) < 4.78 is 29.2. The third-order valence-electron chi connectivity index (χ3n) is 3.19. The Labute approximate surface area is 140 Å². The van der Waals surface area contributed by atoms with Gasteiger partial charge < -0.3 is 13.9 Å². The maximum Gasteiger partial charge on any atom is 0.339 e. The van der Waals surface area contributed by atoms with Crippen LogP contribution >= 0.6 is 11.3 Å². The van der Waals surface area contributed by atoms with Crippen LogP contribution in [0.1, 0.15) is 29.3 Å². The summed E-state index contributed by atoms with van der Waals surface area (Å²) in [4.78, 5) is 12.9. The summed E-state index contributed by atoms with van der Waals surface area (Å²) in [6.45, 7) is 1.60. The molecule has 0 radical (unpaired) electrons. The molecule has 2 heterocycles. The van der Waals surface area contributed by atoms with Gasteiger partial charge in [-0.1, -0.05) is 6.07 Å². The molecule has 8 heteroatoms. The van der Waals surface area contributed by atoms with Crippen LogP contribution in [0.25, 0.3) is 10.8 Å². The largest absolute Gasteiger partial charge is 0.494 e. The highest BCUT2D eigenvalue weighted by Gasteiger charge is 2.21. The number of thiophene rings is 1. The van der Waals surface area contributed by atoms with Crippen LogP contribution in [0.3, 0.4) is 0 Å². The summed E-state index contributed by atoms with van der Waals surface area (Å²) in [5, 5.41) is 9.69. The first-order chi connectivity index (χ1) is 11.6. The van der Waals surface area contributed by atoms with Crippen molar-refractivity contribution in [3.63, 3.8) is 0 Å². The Morgan fingerprint density at radius 2 is 2.17 bits per heavy atom. The van der Waals surface area contributed by atoms with Gasteiger partial charge in [-0.2, -0.15) is 0 Å². The van der Waals surface area contributed by atoms with Crippen LogP contribution in [-0.2, 0) is 4.74 Å². The lowest BCUT2D eigenvalue weighted by Gasteiger charge is -2.10. The second-order valence-electron chi connectivity index (χ2n) is 4.82. The number of rotatable bonds is 5. The lowest BCUT2D eigenvalue weighted by molar-refractivity contribution is 0.0279. The topological polar surface area (TPSA) is 74.5 Å². The number of hydrogen-bond acceptors (Lipinski definition) is 7. The van der Waals surface area contributed by atoms with Crippen molar-refractivity contribution in [2.45, 2.75) is 13.0 Å². The standard InChI is InChI=1S/C16H13FN2O4S/c1-9(14-18-19-15(23-14)13-4-3-7-24-13)22-16(20)10-5-6-12(21-2)11(17)8-10/h3-9H,1-2H3. The van der Waals surface area contributed by atoms with Crippen molar-refractivity contribution in [2.75, 3.05) is 7.11 Å². The minimum Gasteiger partial charge on any atom is -0.494 e. The molecule has 0 amide bonds. The van der Waals surface area contributed by atoms with Crippen molar-refractivity contribution < 1.29 is 23.1 Å². The maximum atomic E-state index is 13.7. The highest BCUT2D eigenvalue weighted by molar-refractivity contribution is 7.13. The van der Waals surface area contributed by atoms with Crippen LogP contribution in [0.2, 0.25) is 0 Å². The van der Waals surface area contributed by atoms with E-state index in [0.717, 1.165) is 10.9 Å². The number of aromatic nitrogens is 2. The summed E-state index contributed by atoms with van der Waals surface area (Å²) in [6.07, 6.45) is -0.760. The zero-order chi connectivity index (χ0) is 17.1. The lowest BCUT2D eigenvalue weighted by Crippen LogP contribution is -2.10. The Morgan fingerprint density at radius 1 is 1.33 bits per heavy atom. The molecule has 1 unspecified atom stereocenters. The van der Waals surface area contributed by atoms with Crippen molar-refractivity contribution in [3.05, 3.63) is 53.0 Å². The molecule has 3 aromatic rings. The van der Waals surface area contributed by atoms with Gasteiger partial charge in [-0.25, -0.2) is 9.18 Å². The molecule has 0 aliphatic carbocycles. The SMILES string of the molecule is COc1ccc(C(=O)OC(C)c2nnc(-c3cccs3)o2)cc1F. The van der Waals surface area contributed by atoms with E-state index >= 15 is 0 Å². The summed E-state index contributed by atoms with van der Waals surface area (Å²) in [7, 11) is 1.35. The normalized spacial score (nSPS) is 12.0. The summed E-state index contributed by atoms with van der Waals surface area (Å²) >= 11 is 1.46. The molecule has 0 spiro atoms. The molecule has 0 N–H and O–H groups in total. The fourth-order valence-electron chi connectivity index (χ4n) is 1.97. The van der Waals surface area contributed by atoms with Gasteiger partial charge in [-0.05, 0) is 36.6 Å². The predicted octanol–water partition coefficient (Wildman–Crippen LogP) is 3.86. The molecule has 1 aromatic carbocycles. The molecule has 24 heavy (non-hydrogen) atoms. The number of hydrogen-bond donors (Lipinski definition) is 0.